The lowest BCUT2D eigenvalue weighted by atomic mass is 10.1. The molecule has 0 aliphatic heterocycles. The van der Waals surface area contributed by atoms with Crippen molar-refractivity contribution in [3.8, 4) is 11.3 Å². The summed E-state index contributed by atoms with van der Waals surface area (Å²) in [6.45, 7) is 0.294. The fraction of sp³-hybridized carbons (Fsp3) is 0.100. The van der Waals surface area contributed by atoms with E-state index in [0.717, 1.165) is 5.56 Å². The molecule has 1 aromatic heterocycles. The normalized spacial score (nSPS) is 10.4. The maximum absolute atomic E-state index is 12.5. The highest BCUT2D eigenvalue weighted by Gasteiger charge is 2.14. The SMILES string of the molecule is CNC(=O)c1nc(-c2cccc(C(=O)NCc3ccc(Cl)c(Cl)c3)c2)cnc1N. The van der Waals surface area contributed by atoms with Crippen LogP contribution in [0.1, 0.15) is 26.4 Å². The molecule has 0 atom stereocenters. The van der Waals surface area contributed by atoms with Crippen LogP contribution in [0, 0.1) is 0 Å². The number of benzene rings is 2. The van der Waals surface area contributed by atoms with Crippen molar-refractivity contribution >= 4 is 40.8 Å². The minimum atomic E-state index is -0.438. The van der Waals surface area contributed by atoms with E-state index in [2.05, 4.69) is 20.6 Å². The average molecular weight is 430 g/mol. The van der Waals surface area contributed by atoms with Gasteiger partial charge in [-0.25, -0.2) is 9.97 Å². The fourth-order valence-electron chi connectivity index (χ4n) is 2.58. The molecule has 0 fully saturated rings. The molecule has 0 saturated carbocycles. The number of halogens is 2. The van der Waals surface area contributed by atoms with E-state index in [1.165, 1.54) is 13.2 Å². The summed E-state index contributed by atoms with van der Waals surface area (Å²) in [6.07, 6.45) is 1.45. The first-order valence-corrected chi connectivity index (χ1v) is 9.32. The zero-order chi connectivity index (χ0) is 21.0. The molecule has 0 radical (unpaired) electrons. The Kier molecular flexibility index (Phi) is 6.31. The second-order valence-corrected chi connectivity index (χ2v) is 6.89. The Morgan fingerprint density at radius 3 is 2.59 bits per heavy atom. The molecular formula is C20H17Cl2N5O2. The Hall–Kier alpha value is -3.16. The van der Waals surface area contributed by atoms with Gasteiger partial charge in [0.05, 0.1) is 21.9 Å². The predicted molar refractivity (Wildman–Crippen MR) is 113 cm³/mol. The van der Waals surface area contributed by atoms with Gasteiger partial charge >= 0.3 is 0 Å². The highest BCUT2D eigenvalue weighted by molar-refractivity contribution is 6.42. The van der Waals surface area contributed by atoms with Crippen LogP contribution in [0.25, 0.3) is 11.3 Å². The van der Waals surface area contributed by atoms with Gasteiger partial charge in [-0.05, 0) is 29.8 Å². The third-order valence-electron chi connectivity index (χ3n) is 4.10. The number of anilines is 1. The van der Waals surface area contributed by atoms with Crippen molar-refractivity contribution in [3.05, 3.63) is 75.5 Å². The maximum Gasteiger partial charge on any atom is 0.273 e. The van der Waals surface area contributed by atoms with Crippen molar-refractivity contribution in [2.45, 2.75) is 6.54 Å². The van der Waals surface area contributed by atoms with Crippen LogP contribution in [-0.2, 0) is 6.54 Å². The van der Waals surface area contributed by atoms with Crippen LogP contribution in [0.4, 0.5) is 5.82 Å². The molecule has 2 amide bonds. The lowest BCUT2D eigenvalue weighted by molar-refractivity contribution is 0.0945. The van der Waals surface area contributed by atoms with Gasteiger partial charge in [-0.1, -0.05) is 41.4 Å². The summed E-state index contributed by atoms with van der Waals surface area (Å²) in [7, 11) is 1.48. The molecular weight excluding hydrogens is 413 g/mol. The molecule has 3 rings (SSSR count). The van der Waals surface area contributed by atoms with E-state index in [1.54, 1.807) is 42.5 Å². The van der Waals surface area contributed by atoms with E-state index in [0.29, 0.717) is 33.4 Å². The number of carbonyl (C=O) groups excluding carboxylic acids is 2. The molecule has 29 heavy (non-hydrogen) atoms. The second-order valence-electron chi connectivity index (χ2n) is 6.08. The Bertz CT molecular complexity index is 1090. The van der Waals surface area contributed by atoms with Crippen LogP contribution in [0.2, 0.25) is 10.0 Å². The number of rotatable bonds is 5. The molecule has 0 aliphatic rings. The van der Waals surface area contributed by atoms with Gasteiger partial charge in [0.25, 0.3) is 11.8 Å². The molecule has 0 unspecified atom stereocenters. The Balaban J connectivity index is 1.79. The van der Waals surface area contributed by atoms with E-state index in [-0.39, 0.29) is 17.4 Å². The van der Waals surface area contributed by atoms with E-state index >= 15 is 0 Å². The Labute approximate surface area is 177 Å². The van der Waals surface area contributed by atoms with Gasteiger partial charge in [0.15, 0.2) is 11.5 Å². The van der Waals surface area contributed by atoms with Crippen molar-refractivity contribution in [2.24, 2.45) is 0 Å². The first-order chi connectivity index (χ1) is 13.9. The smallest absolute Gasteiger partial charge is 0.273 e. The van der Waals surface area contributed by atoms with Gasteiger partial charge in [0.1, 0.15) is 0 Å². The molecule has 0 aliphatic carbocycles. The van der Waals surface area contributed by atoms with Crippen LogP contribution >= 0.6 is 23.2 Å². The topological polar surface area (TPSA) is 110 Å². The number of nitrogens with zero attached hydrogens (tertiary/aromatic N) is 2. The monoisotopic (exact) mass is 429 g/mol. The third-order valence-corrected chi connectivity index (χ3v) is 4.84. The molecule has 0 saturated heterocycles. The number of hydrogen-bond acceptors (Lipinski definition) is 5. The number of nitrogen functional groups attached to an aromatic ring is 1. The van der Waals surface area contributed by atoms with Gasteiger partial charge in [0, 0.05) is 24.7 Å². The number of nitrogens with two attached hydrogens (primary N) is 1. The number of carbonyl (C=O) groups is 2. The van der Waals surface area contributed by atoms with Gasteiger partial charge in [0.2, 0.25) is 0 Å². The predicted octanol–water partition coefficient (Wildman–Crippen LogP) is 3.32. The van der Waals surface area contributed by atoms with Gasteiger partial charge in [-0.3, -0.25) is 9.59 Å². The Morgan fingerprint density at radius 1 is 1.07 bits per heavy atom. The van der Waals surface area contributed by atoms with Crippen LogP contribution in [0.3, 0.4) is 0 Å². The summed E-state index contributed by atoms with van der Waals surface area (Å²) in [5, 5.41) is 6.17. The van der Waals surface area contributed by atoms with Crippen LogP contribution in [0.5, 0.6) is 0 Å². The van der Waals surface area contributed by atoms with E-state index in [4.69, 9.17) is 28.9 Å². The highest BCUT2D eigenvalue weighted by Crippen LogP contribution is 2.23. The summed E-state index contributed by atoms with van der Waals surface area (Å²) in [4.78, 5) is 32.7. The summed E-state index contributed by atoms with van der Waals surface area (Å²) in [5.41, 5.74) is 8.06. The lowest BCUT2D eigenvalue weighted by Crippen LogP contribution is -2.23. The minimum Gasteiger partial charge on any atom is -0.382 e. The molecule has 2 aromatic carbocycles. The summed E-state index contributed by atoms with van der Waals surface area (Å²) in [5.74, 6) is -0.677. The number of aromatic nitrogens is 2. The summed E-state index contributed by atoms with van der Waals surface area (Å²) in [6, 6.07) is 12.0. The highest BCUT2D eigenvalue weighted by atomic mass is 35.5. The molecule has 3 aromatic rings. The first-order valence-electron chi connectivity index (χ1n) is 8.56. The molecule has 0 spiro atoms. The Morgan fingerprint density at radius 2 is 1.86 bits per heavy atom. The van der Waals surface area contributed by atoms with Crippen molar-refractivity contribution in [3.63, 3.8) is 0 Å². The van der Waals surface area contributed by atoms with Crippen LogP contribution in [0.15, 0.2) is 48.7 Å². The molecule has 0 bridgehead atoms. The van der Waals surface area contributed by atoms with Crippen molar-refractivity contribution in [1.29, 1.82) is 0 Å². The number of amides is 2. The molecule has 9 heteroatoms. The van der Waals surface area contributed by atoms with Crippen LogP contribution in [-0.4, -0.2) is 28.8 Å². The van der Waals surface area contributed by atoms with E-state index in [1.807, 2.05) is 0 Å². The minimum absolute atomic E-state index is 0.0273. The van der Waals surface area contributed by atoms with Crippen LogP contribution < -0.4 is 16.4 Å². The quantitative estimate of drug-likeness (QED) is 0.575. The van der Waals surface area contributed by atoms with Crippen molar-refractivity contribution in [1.82, 2.24) is 20.6 Å². The van der Waals surface area contributed by atoms with E-state index in [9.17, 15) is 9.59 Å². The molecule has 148 valence electrons. The molecule has 4 N–H and O–H groups in total. The molecule has 7 nitrogen and oxygen atoms in total. The summed E-state index contributed by atoms with van der Waals surface area (Å²) >= 11 is 11.9. The number of nitrogens with one attached hydrogen (secondary N) is 2. The number of hydrogen-bond donors (Lipinski definition) is 3. The molecule has 1 heterocycles. The largest absolute Gasteiger partial charge is 0.382 e. The third kappa shape index (κ3) is 4.82. The van der Waals surface area contributed by atoms with E-state index < -0.39 is 5.91 Å². The first kappa shape index (κ1) is 20.6. The second kappa shape index (κ2) is 8.89. The standard InChI is InChI=1S/C20H17Cl2N5O2/c1-24-20(29)17-18(23)25-10-16(27-17)12-3-2-4-13(8-12)19(28)26-9-11-5-6-14(21)15(22)7-11/h2-8,10H,9H2,1H3,(H2,23,25)(H,24,29)(H,26,28). The van der Waals surface area contributed by atoms with Crippen molar-refractivity contribution in [2.75, 3.05) is 12.8 Å². The van der Waals surface area contributed by atoms with Gasteiger partial charge in [-0.2, -0.15) is 0 Å². The maximum atomic E-state index is 12.5. The fourth-order valence-corrected chi connectivity index (χ4v) is 2.90. The van der Waals surface area contributed by atoms with Crippen molar-refractivity contribution < 1.29 is 9.59 Å². The summed E-state index contributed by atoms with van der Waals surface area (Å²) < 4.78 is 0. The average Bonchev–Trinajstić information content (AvgIpc) is 2.74. The zero-order valence-electron chi connectivity index (χ0n) is 15.4. The lowest BCUT2D eigenvalue weighted by Gasteiger charge is -2.09. The van der Waals surface area contributed by atoms with Gasteiger partial charge in [-0.15, -0.1) is 0 Å². The van der Waals surface area contributed by atoms with Gasteiger partial charge < -0.3 is 16.4 Å². The zero-order valence-corrected chi connectivity index (χ0v) is 16.9.